The summed E-state index contributed by atoms with van der Waals surface area (Å²) in [4.78, 5) is 25.2. The lowest BCUT2D eigenvalue weighted by atomic mass is 9.98. The summed E-state index contributed by atoms with van der Waals surface area (Å²) < 4.78 is 5.47. The van der Waals surface area contributed by atoms with Crippen molar-refractivity contribution in [3.8, 4) is 16.8 Å². The van der Waals surface area contributed by atoms with Gasteiger partial charge in [-0.3, -0.25) is 5.32 Å². The molecule has 1 aliphatic carbocycles. The number of carbonyl (C=O) groups is 2. The molecule has 5 rings (SSSR count). The first-order valence-corrected chi connectivity index (χ1v) is 10.00. The van der Waals surface area contributed by atoms with Gasteiger partial charge in [0.2, 0.25) is 5.69 Å². The first kappa shape index (κ1) is 19.5. The smallest absolute Gasteiger partial charge is 0.412 e. The van der Waals surface area contributed by atoms with Crippen LogP contribution in [0.15, 0.2) is 78.9 Å². The maximum Gasteiger partial charge on any atom is 0.412 e. The molecule has 32 heavy (non-hydrogen) atoms. The van der Waals surface area contributed by atoms with Gasteiger partial charge in [0.25, 0.3) is 0 Å². The molecule has 0 saturated heterocycles. The second-order valence-corrected chi connectivity index (χ2v) is 7.28. The number of aromatic nitrogens is 3. The van der Waals surface area contributed by atoms with Gasteiger partial charge in [-0.15, -0.1) is 15.0 Å². The summed E-state index contributed by atoms with van der Waals surface area (Å²) in [6, 6.07) is 24.8. The number of aromatic carboxylic acids is 1. The molecule has 0 fully saturated rings. The monoisotopic (exact) mass is 426 g/mol. The number of benzene rings is 3. The highest BCUT2D eigenvalue weighted by Gasteiger charge is 2.29. The number of amides is 1. The zero-order valence-corrected chi connectivity index (χ0v) is 16.8. The molecule has 1 heterocycles. The third-order valence-electron chi connectivity index (χ3n) is 5.37. The molecule has 4 aromatic rings. The van der Waals surface area contributed by atoms with Crippen molar-refractivity contribution in [2.75, 3.05) is 11.9 Å². The second kappa shape index (κ2) is 7.99. The fraction of sp³-hybridized carbons (Fsp3) is 0.0833. The van der Waals surface area contributed by atoms with Crippen molar-refractivity contribution in [2.24, 2.45) is 0 Å². The molecule has 3 aromatic carbocycles. The van der Waals surface area contributed by atoms with Gasteiger partial charge < -0.3 is 9.84 Å². The molecule has 158 valence electrons. The summed E-state index contributed by atoms with van der Waals surface area (Å²) in [5.74, 6) is -1.59. The molecule has 1 aromatic heterocycles. The minimum absolute atomic E-state index is 0.105. The number of nitrogens with one attached hydrogen (secondary N) is 1. The maximum atomic E-state index is 12.5. The van der Waals surface area contributed by atoms with Crippen molar-refractivity contribution < 1.29 is 19.4 Å². The zero-order valence-electron chi connectivity index (χ0n) is 16.8. The normalized spacial score (nSPS) is 12.1. The molecule has 8 nitrogen and oxygen atoms in total. The van der Waals surface area contributed by atoms with Gasteiger partial charge in [-0.1, -0.05) is 66.7 Å². The molecule has 8 heteroatoms. The van der Waals surface area contributed by atoms with Gasteiger partial charge >= 0.3 is 12.1 Å². The minimum atomic E-state index is -1.30. The fourth-order valence-electron chi connectivity index (χ4n) is 3.94. The molecule has 0 atom stereocenters. The van der Waals surface area contributed by atoms with E-state index in [0.29, 0.717) is 5.69 Å². The van der Waals surface area contributed by atoms with Crippen molar-refractivity contribution in [1.82, 2.24) is 15.0 Å². The van der Waals surface area contributed by atoms with E-state index < -0.39 is 12.1 Å². The van der Waals surface area contributed by atoms with Crippen molar-refractivity contribution in [3.05, 3.63) is 95.7 Å². The second-order valence-electron chi connectivity index (χ2n) is 7.28. The topological polar surface area (TPSA) is 106 Å². The number of carboxylic acid groups (broad SMARTS) is 1. The molecule has 0 saturated carbocycles. The number of rotatable bonds is 5. The molecular weight excluding hydrogens is 408 g/mol. The van der Waals surface area contributed by atoms with Gasteiger partial charge in [0.15, 0.2) is 5.82 Å². The lowest BCUT2D eigenvalue weighted by Crippen LogP contribution is -2.19. The van der Waals surface area contributed by atoms with Crippen LogP contribution in [0.2, 0.25) is 0 Å². The Kier molecular flexibility index (Phi) is 4.87. The van der Waals surface area contributed by atoms with Crippen LogP contribution >= 0.6 is 0 Å². The number of anilines is 1. The van der Waals surface area contributed by atoms with Crippen LogP contribution in [0.4, 0.5) is 10.6 Å². The first-order valence-electron chi connectivity index (χ1n) is 10.00. The van der Waals surface area contributed by atoms with Crippen LogP contribution in [0, 0.1) is 0 Å². The number of nitrogens with zero attached hydrogens (tertiary/aromatic N) is 3. The predicted molar refractivity (Wildman–Crippen MR) is 117 cm³/mol. The van der Waals surface area contributed by atoms with Crippen molar-refractivity contribution in [2.45, 2.75) is 5.92 Å². The lowest BCUT2D eigenvalue weighted by molar-refractivity contribution is 0.0691. The van der Waals surface area contributed by atoms with E-state index in [1.165, 1.54) is 0 Å². The lowest BCUT2D eigenvalue weighted by Gasteiger charge is -2.14. The number of carboxylic acids is 1. The molecule has 2 N–H and O–H groups in total. The van der Waals surface area contributed by atoms with Crippen LogP contribution in [0.1, 0.15) is 27.5 Å². The summed E-state index contributed by atoms with van der Waals surface area (Å²) in [6.45, 7) is 0.106. The number of para-hydroxylation sites is 1. The predicted octanol–water partition coefficient (Wildman–Crippen LogP) is 4.33. The molecular formula is C24H18N4O4. The van der Waals surface area contributed by atoms with E-state index in [9.17, 15) is 14.7 Å². The van der Waals surface area contributed by atoms with E-state index in [1.54, 1.807) is 24.3 Å². The third kappa shape index (κ3) is 3.47. The Morgan fingerprint density at radius 1 is 0.875 bits per heavy atom. The Balaban J connectivity index is 1.34. The van der Waals surface area contributed by atoms with Gasteiger partial charge in [-0.25, -0.2) is 9.59 Å². The van der Waals surface area contributed by atoms with Gasteiger partial charge in [0, 0.05) is 5.92 Å². The molecule has 0 radical (unpaired) electrons. The Labute approximate surface area is 183 Å². The standard InChI is InChI=1S/C24H18N4O4/c29-23(30)21-22(27-28(26-21)15-8-2-1-3-9-15)25-24(31)32-14-20-18-12-6-4-10-16(18)17-11-5-7-13-19(17)20/h1-13,20H,14H2,(H,29,30)(H,25,27,31). The van der Waals surface area contributed by atoms with Crippen molar-refractivity contribution in [3.63, 3.8) is 0 Å². The van der Waals surface area contributed by atoms with Gasteiger partial charge in [0.05, 0.1) is 5.69 Å². The molecule has 0 bridgehead atoms. The van der Waals surface area contributed by atoms with Crippen LogP contribution in [0.5, 0.6) is 0 Å². The number of ether oxygens (including phenoxy) is 1. The van der Waals surface area contributed by atoms with E-state index >= 15 is 0 Å². The van der Waals surface area contributed by atoms with E-state index in [2.05, 4.69) is 27.6 Å². The van der Waals surface area contributed by atoms with Gasteiger partial charge in [0.1, 0.15) is 6.61 Å². The summed E-state index contributed by atoms with van der Waals surface area (Å²) in [5.41, 5.74) is 4.61. The summed E-state index contributed by atoms with van der Waals surface area (Å²) >= 11 is 0. The van der Waals surface area contributed by atoms with Crippen LogP contribution in [0.25, 0.3) is 16.8 Å². The van der Waals surface area contributed by atoms with Crippen molar-refractivity contribution in [1.29, 1.82) is 0 Å². The molecule has 0 spiro atoms. The summed E-state index contributed by atoms with van der Waals surface area (Å²) in [6.07, 6.45) is -0.797. The first-order chi connectivity index (χ1) is 15.6. The number of carbonyl (C=O) groups excluding carboxylic acids is 1. The zero-order chi connectivity index (χ0) is 22.1. The van der Waals surface area contributed by atoms with Gasteiger partial charge in [-0.05, 0) is 34.4 Å². The molecule has 1 aliphatic rings. The van der Waals surface area contributed by atoms with Gasteiger partial charge in [-0.2, -0.15) is 0 Å². The minimum Gasteiger partial charge on any atom is -0.476 e. The molecule has 0 unspecified atom stereocenters. The fourth-order valence-corrected chi connectivity index (χ4v) is 3.94. The maximum absolute atomic E-state index is 12.5. The summed E-state index contributed by atoms with van der Waals surface area (Å²) in [7, 11) is 0. The highest BCUT2D eigenvalue weighted by Crippen LogP contribution is 2.44. The molecule has 0 aliphatic heterocycles. The van der Waals surface area contributed by atoms with E-state index in [0.717, 1.165) is 27.1 Å². The van der Waals surface area contributed by atoms with Crippen LogP contribution < -0.4 is 5.32 Å². The van der Waals surface area contributed by atoms with E-state index in [4.69, 9.17) is 4.74 Å². The quantitative estimate of drug-likeness (QED) is 0.492. The Morgan fingerprint density at radius 3 is 2.09 bits per heavy atom. The Bertz CT molecular complexity index is 1270. The van der Waals surface area contributed by atoms with E-state index in [1.807, 2.05) is 42.5 Å². The van der Waals surface area contributed by atoms with E-state index in [-0.39, 0.29) is 24.0 Å². The van der Waals surface area contributed by atoms with Crippen LogP contribution in [0.3, 0.4) is 0 Å². The Hall–Kier alpha value is -4.46. The molecule has 1 amide bonds. The number of fused-ring (bicyclic) bond motifs is 3. The third-order valence-corrected chi connectivity index (χ3v) is 5.37. The highest BCUT2D eigenvalue weighted by molar-refractivity contribution is 5.95. The Morgan fingerprint density at radius 2 is 1.47 bits per heavy atom. The average Bonchev–Trinajstić information content (AvgIpc) is 3.38. The average molecular weight is 426 g/mol. The number of hydrogen-bond acceptors (Lipinski definition) is 5. The SMILES string of the molecule is O=C(Nc1nn(-c2ccccc2)nc1C(=O)O)OCC1c2ccccc2-c2ccccc21. The largest absolute Gasteiger partial charge is 0.476 e. The van der Waals surface area contributed by atoms with Crippen LogP contribution in [-0.2, 0) is 4.74 Å². The highest BCUT2D eigenvalue weighted by atomic mass is 16.5. The van der Waals surface area contributed by atoms with Crippen molar-refractivity contribution >= 4 is 17.9 Å². The van der Waals surface area contributed by atoms with Crippen LogP contribution in [-0.4, -0.2) is 38.8 Å². The summed E-state index contributed by atoms with van der Waals surface area (Å²) in [5, 5.41) is 19.9. The number of hydrogen-bond donors (Lipinski definition) is 2.